The minimum atomic E-state index is -0.658. The van der Waals surface area contributed by atoms with Gasteiger partial charge in [0.15, 0.2) is 16.3 Å². The van der Waals surface area contributed by atoms with Crippen molar-refractivity contribution in [1.29, 1.82) is 0 Å². The molecular formula is C35H36N2O6S. The van der Waals surface area contributed by atoms with Crippen LogP contribution < -0.4 is 24.4 Å². The number of hydrogen-bond donors (Lipinski definition) is 0. The number of fused-ring (bicyclic) bond motifs is 1. The van der Waals surface area contributed by atoms with E-state index in [4.69, 9.17) is 14.2 Å². The molecule has 4 bridgehead atoms. The summed E-state index contributed by atoms with van der Waals surface area (Å²) in [5.74, 6) is 2.14. The van der Waals surface area contributed by atoms with E-state index in [1.807, 2.05) is 36.4 Å². The first-order valence-electron chi connectivity index (χ1n) is 15.4. The van der Waals surface area contributed by atoms with Crippen LogP contribution >= 0.6 is 11.3 Å². The number of carbonyl (C=O) groups is 2. The van der Waals surface area contributed by atoms with Gasteiger partial charge in [0.05, 0.1) is 41.0 Å². The van der Waals surface area contributed by atoms with Gasteiger partial charge in [-0.3, -0.25) is 14.2 Å². The number of hydrogen-bond acceptors (Lipinski definition) is 8. The van der Waals surface area contributed by atoms with Crippen molar-refractivity contribution >= 4 is 29.4 Å². The molecule has 0 radical (unpaired) electrons. The van der Waals surface area contributed by atoms with Crippen LogP contribution in [0, 0.1) is 23.2 Å². The van der Waals surface area contributed by atoms with Crippen LogP contribution in [0.2, 0.25) is 0 Å². The Morgan fingerprint density at radius 1 is 1.02 bits per heavy atom. The molecule has 8 nitrogen and oxygen atoms in total. The summed E-state index contributed by atoms with van der Waals surface area (Å²) in [7, 11) is 1.55. The SMILES string of the molecule is CCOC(=O)C1=C(C)N=c2sc(=Cc3ccc(OC(=O)C45CC6CC(CC(C6)C4)C5)c(OC)c3)c(=O)n2C1c1ccccc1. The summed E-state index contributed by atoms with van der Waals surface area (Å²) in [4.78, 5) is 45.7. The van der Waals surface area contributed by atoms with Gasteiger partial charge in [0.1, 0.15) is 0 Å². The molecule has 4 fully saturated rings. The number of rotatable bonds is 7. The van der Waals surface area contributed by atoms with Gasteiger partial charge in [-0.2, -0.15) is 0 Å². The molecule has 5 aliphatic rings. The van der Waals surface area contributed by atoms with Crippen molar-refractivity contribution in [3.8, 4) is 11.5 Å². The second kappa shape index (κ2) is 11.2. The summed E-state index contributed by atoms with van der Waals surface area (Å²) in [6, 6.07) is 14.1. The van der Waals surface area contributed by atoms with Crippen molar-refractivity contribution < 1.29 is 23.8 Å². The van der Waals surface area contributed by atoms with Gasteiger partial charge >= 0.3 is 11.9 Å². The molecule has 1 atom stereocenters. The van der Waals surface area contributed by atoms with E-state index in [-0.39, 0.29) is 23.6 Å². The molecule has 8 rings (SSSR count). The average molecular weight is 613 g/mol. The highest BCUT2D eigenvalue weighted by molar-refractivity contribution is 7.07. The third kappa shape index (κ3) is 4.91. The monoisotopic (exact) mass is 612 g/mol. The van der Waals surface area contributed by atoms with Crippen LogP contribution in [0.4, 0.5) is 0 Å². The number of nitrogens with zero attached hydrogens (tertiary/aromatic N) is 2. The zero-order valence-corrected chi connectivity index (χ0v) is 26.0. The molecule has 0 N–H and O–H groups in total. The summed E-state index contributed by atoms with van der Waals surface area (Å²) in [6.45, 7) is 3.75. The van der Waals surface area contributed by atoms with Gasteiger partial charge < -0.3 is 14.2 Å². The van der Waals surface area contributed by atoms with Gasteiger partial charge in [-0.15, -0.1) is 0 Å². The number of thiazole rings is 1. The molecule has 9 heteroatoms. The van der Waals surface area contributed by atoms with Gasteiger partial charge in [-0.05, 0) is 99.5 Å². The van der Waals surface area contributed by atoms with E-state index in [1.54, 1.807) is 43.7 Å². The molecule has 0 amide bonds. The lowest BCUT2D eigenvalue weighted by Crippen LogP contribution is -2.51. The first-order valence-corrected chi connectivity index (χ1v) is 16.2. The highest BCUT2D eigenvalue weighted by Crippen LogP contribution is 2.60. The second-order valence-corrected chi connectivity index (χ2v) is 13.7. The minimum absolute atomic E-state index is 0.135. The van der Waals surface area contributed by atoms with E-state index in [0.717, 1.165) is 30.4 Å². The molecule has 3 aromatic rings. The maximum atomic E-state index is 13.9. The van der Waals surface area contributed by atoms with E-state index in [0.29, 0.717) is 49.9 Å². The Morgan fingerprint density at radius 3 is 2.34 bits per heavy atom. The fourth-order valence-electron chi connectivity index (χ4n) is 8.32. The standard InChI is InChI=1S/C35H36N2O6S/c1-4-42-32(39)29-20(2)36-34-37(30(29)25-8-6-5-7-9-25)31(38)28(44-34)16-21-10-11-26(27(15-21)41-3)43-33(40)35-17-22-12-23(18-35)14-24(13-22)19-35/h5-11,15-16,22-24,30H,4,12-14,17-19H2,1-3H3. The van der Waals surface area contributed by atoms with Crippen LogP contribution in [-0.4, -0.2) is 30.2 Å². The molecule has 4 aliphatic carbocycles. The van der Waals surface area contributed by atoms with Crippen molar-refractivity contribution in [3.63, 3.8) is 0 Å². The normalized spacial score (nSPS) is 27.1. The predicted octanol–water partition coefficient (Wildman–Crippen LogP) is 4.93. The molecular weight excluding hydrogens is 576 g/mol. The number of methoxy groups -OCH3 is 1. The summed E-state index contributed by atoms with van der Waals surface area (Å²) in [5.41, 5.74) is 1.76. The number of allylic oxidation sites excluding steroid dienone is 1. The third-order valence-electron chi connectivity index (χ3n) is 9.79. The first-order chi connectivity index (χ1) is 21.3. The number of carbonyl (C=O) groups excluding carboxylic acids is 2. The van der Waals surface area contributed by atoms with Crippen molar-refractivity contribution in [1.82, 2.24) is 4.57 Å². The van der Waals surface area contributed by atoms with Gasteiger partial charge in [-0.25, -0.2) is 9.79 Å². The number of aromatic nitrogens is 1. The highest BCUT2D eigenvalue weighted by atomic mass is 32.1. The van der Waals surface area contributed by atoms with E-state index in [2.05, 4.69) is 4.99 Å². The van der Waals surface area contributed by atoms with Gasteiger partial charge in [0, 0.05) is 0 Å². The number of ether oxygens (including phenoxy) is 3. The fraction of sp³-hybridized carbons (Fsp3) is 0.429. The first kappa shape index (κ1) is 28.8. The molecule has 228 valence electrons. The minimum Gasteiger partial charge on any atom is -0.493 e. The Kier molecular flexibility index (Phi) is 7.31. The van der Waals surface area contributed by atoms with Crippen molar-refractivity contribution in [2.75, 3.05) is 13.7 Å². The molecule has 4 saturated carbocycles. The van der Waals surface area contributed by atoms with Gasteiger partial charge in [-0.1, -0.05) is 47.7 Å². The maximum Gasteiger partial charge on any atom is 0.338 e. The quantitative estimate of drug-likeness (QED) is 0.278. The summed E-state index contributed by atoms with van der Waals surface area (Å²) >= 11 is 1.26. The van der Waals surface area contributed by atoms with E-state index >= 15 is 0 Å². The molecule has 1 unspecified atom stereocenters. The lowest BCUT2D eigenvalue weighted by molar-refractivity contribution is -0.161. The highest BCUT2D eigenvalue weighted by Gasteiger charge is 2.55. The van der Waals surface area contributed by atoms with E-state index < -0.39 is 12.0 Å². The van der Waals surface area contributed by atoms with Gasteiger partial charge in [0.2, 0.25) is 0 Å². The Hall–Kier alpha value is -3.98. The van der Waals surface area contributed by atoms with Crippen LogP contribution in [0.5, 0.6) is 11.5 Å². The number of esters is 2. The molecule has 2 heterocycles. The van der Waals surface area contributed by atoms with E-state index in [9.17, 15) is 14.4 Å². The van der Waals surface area contributed by atoms with E-state index in [1.165, 1.54) is 30.6 Å². The Bertz CT molecular complexity index is 1820. The smallest absolute Gasteiger partial charge is 0.338 e. The summed E-state index contributed by atoms with van der Waals surface area (Å²) in [5, 5.41) is 0. The summed E-state index contributed by atoms with van der Waals surface area (Å²) < 4.78 is 19.1. The van der Waals surface area contributed by atoms with Crippen LogP contribution in [0.15, 0.2) is 69.6 Å². The number of benzene rings is 2. The Balaban J connectivity index is 1.22. The van der Waals surface area contributed by atoms with Crippen LogP contribution in [0.25, 0.3) is 6.08 Å². The van der Waals surface area contributed by atoms with Crippen molar-refractivity contribution in [2.24, 2.45) is 28.2 Å². The predicted molar refractivity (Wildman–Crippen MR) is 166 cm³/mol. The lowest BCUT2D eigenvalue weighted by Gasteiger charge is -2.55. The zero-order valence-electron chi connectivity index (χ0n) is 25.2. The third-order valence-corrected chi connectivity index (χ3v) is 10.8. The Labute approximate surface area is 259 Å². The molecule has 44 heavy (non-hydrogen) atoms. The lowest BCUT2D eigenvalue weighted by atomic mass is 9.49. The summed E-state index contributed by atoms with van der Waals surface area (Å²) in [6.07, 6.45) is 8.34. The fourth-order valence-corrected chi connectivity index (χ4v) is 9.37. The van der Waals surface area contributed by atoms with Crippen LogP contribution in [0.1, 0.15) is 69.5 Å². The second-order valence-electron chi connectivity index (χ2n) is 12.7. The topological polar surface area (TPSA) is 96.2 Å². The zero-order chi connectivity index (χ0) is 30.6. The average Bonchev–Trinajstić information content (AvgIpc) is 3.30. The maximum absolute atomic E-state index is 13.9. The largest absolute Gasteiger partial charge is 0.493 e. The Morgan fingerprint density at radius 2 is 1.70 bits per heavy atom. The molecule has 0 saturated heterocycles. The van der Waals surface area contributed by atoms with Crippen molar-refractivity contribution in [2.45, 2.75) is 58.4 Å². The molecule has 0 spiro atoms. The molecule has 1 aliphatic heterocycles. The van der Waals surface area contributed by atoms with Gasteiger partial charge in [0.25, 0.3) is 5.56 Å². The van der Waals surface area contributed by atoms with Crippen molar-refractivity contribution in [3.05, 3.63) is 90.6 Å². The molecule has 2 aromatic carbocycles. The molecule has 1 aromatic heterocycles. The van der Waals surface area contributed by atoms with Crippen LogP contribution in [-0.2, 0) is 14.3 Å². The van der Waals surface area contributed by atoms with Crippen LogP contribution in [0.3, 0.4) is 0 Å².